The van der Waals surface area contributed by atoms with E-state index in [9.17, 15) is 19.5 Å². The predicted octanol–water partition coefficient (Wildman–Crippen LogP) is 9.34. The maximum atomic E-state index is 16.4. The lowest BCUT2D eigenvalue weighted by atomic mass is 9.82. The van der Waals surface area contributed by atoms with Crippen molar-refractivity contribution in [2.45, 2.75) is 85.3 Å². The molecule has 0 aromatic heterocycles. The molecule has 2 aliphatic rings. The highest BCUT2D eigenvalue weighted by atomic mass is 19.2. The molecule has 0 bridgehead atoms. The zero-order valence-corrected chi connectivity index (χ0v) is 27.9. The quantitative estimate of drug-likeness (QED) is 0.165. The van der Waals surface area contributed by atoms with Crippen LogP contribution >= 0.6 is 0 Å². The van der Waals surface area contributed by atoms with Crippen LogP contribution in [0.1, 0.15) is 144 Å². The van der Waals surface area contributed by atoms with Crippen LogP contribution in [0, 0.1) is 23.3 Å². The van der Waals surface area contributed by atoms with Gasteiger partial charge in [0.05, 0.1) is 28.1 Å². The molecule has 250 valence electrons. The second-order valence-corrected chi connectivity index (χ2v) is 13.7. The predicted molar refractivity (Wildman–Crippen MR) is 176 cm³/mol. The number of para-hydroxylation sites is 2. The van der Waals surface area contributed by atoms with Crippen molar-refractivity contribution in [1.29, 1.82) is 0 Å². The molecule has 4 aromatic carbocycles. The number of carbonyl (C=O) groups is 3. The molecule has 1 unspecified atom stereocenters. The van der Waals surface area contributed by atoms with Gasteiger partial charge in [-0.2, -0.15) is 0 Å². The SMILES string of the molecule is CC(C)c1cccc(C(C)C)c1N1C(=O)c2c(F)c(F)c3c4c(c(F)c(F)c(c24)C1=O)C(O)N(c1c(C(C)C)cccc1C(C)C)C3=O. The smallest absolute Gasteiger partial charge is 0.269 e. The average molecular weight is 661 g/mol. The Morgan fingerprint density at radius 2 is 0.896 bits per heavy atom. The molecule has 0 spiro atoms. The zero-order valence-electron chi connectivity index (χ0n) is 27.9. The number of hydrogen-bond acceptors (Lipinski definition) is 4. The molecule has 1 atom stereocenters. The van der Waals surface area contributed by atoms with Gasteiger partial charge in [-0.15, -0.1) is 0 Å². The van der Waals surface area contributed by atoms with Crippen LogP contribution in [0.5, 0.6) is 0 Å². The van der Waals surface area contributed by atoms with Crippen molar-refractivity contribution in [1.82, 2.24) is 0 Å². The van der Waals surface area contributed by atoms with Gasteiger partial charge in [0.1, 0.15) is 0 Å². The molecule has 6 nitrogen and oxygen atoms in total. The average Bonchev–Trinajstić information content (AvgIpc) is 3.01. The number of amides is 3. The van der Waals surface area contributed by atoms with Crippen molar-refractivity contribution in [3.63, 3.8) is 0 Å². The lowest BCUT2D eigenvalue weighted by molar-refractivity contribution is 0.0849. The molecule has 4 aromatic rings. The summed E-state index contributed by atoms with van der Waals surface area (Å²) in [5, 5.41) is 10.3. The van der Waals surface area contributed by atoms with Crippen molar-refractivity contribution in [3.8, 4) is 0 Å². The molecule has 2 aliphatic heterocycles. The molecule has 2 heterocycles. The first-order valence-corrected chi connectivity index (χ1v) is 16.1. The van der Waals surface area contributed by atoms with Crippen LogP contribution in [0.3, 0.4) is 0 Å². The Bertz CT molecular complexity index is 2010. The Morgan fingerprint density at radius 1 is 0.542 bits per heavy atom. The van der Waals surface area contributed by atoms with Crippen LogP contribution in [0.25, 0.3) is 10.8 Å². The van der Waals surface area contributed by atoms with E-state index in [1.54, 1.807) is 36.4 Å². The standard InChI is InChI=1S/C38H36F4N2O4/c1-15(2)19-11-9-12-20(16(3)4)33(19)43-35(45)25-23-24-27(31(41)29(25)39)37(47)44(34-21(17(5)6)13-10-14-22(34)18(7)8)38(48)28(24)32(42)30(40)26(23)36(43)46/h9-18,35,45H,1-8H3. The molecule has 0 saturated carbocycles. The molecule has 3 amide bonds. The van der Waals surface area contributed by atoms with Gasteiger partial charge in [-0.3, -0.25) is 19.3 Å². The number of hydrogen-bond donors (Lipinski definition) is 1. The topological polar surface area (TPSA) is 77.9 Å². The summed E-state index contributed by atoms with van der Waals surface area (Å²) in [6, 6.07) is 10.2. The third-order valence-electron chi connectivity index (χ3n) is 9.47. The van der Waals surface area contributed by atoms with Gasteiger partial charge in [0.25, 0.3) is 17.7 Å². The first kappa shape index (κ1) is 33.3. The number of imide groups is 1. The van der Waals surface area contributed by atoms with Crippen molar-refractivity contribution in [2.24, 2.45) is 0 Å². The van der Waals surface area contributed by atoms with Crippen molar-refractivity contribution in [3.05, 3.63) is 104 Å². The van der Waals surface area contributed by atoms with Crippen LogP contribution < -0.4 is 9.80 Å². The minimum Gasteiger partial charge on any atom is -0.369 e. The number of benzene rings is 4. The third kappa shape index (κ3) is 4.45. The molecule has 10 heteroatoms. The lowest BCUT2D eigenvalue weighted by Gasteiger charge is -2.39. The molecular formula is C38H36F4N2O4. The van der Waals surface area contributed by atoms with Crippen LogP contribution in [-0.4, -0.2) is 22.8 Å². The number of carbonyl (C=O) groups excluding carboxylic acids is 3. The van der Waals surface area contributed by atoms with E-state index in [0.29, 0.717) is 27.2 Å². The lowest BCUT2D eigenvalue weighted by Crippen LogP contribution is -2.46. The Labute approximate surface area is 276 Å². The summed E-state index contributed by atoms with van der Waals surface area (Å²) in [6.07, 6.45) is -2.21. The van der Waals surface area contributed by atoms with E-state index < -0.39 is 80.2 Å². The van der Waals surface area contributed by atoms with Gasteiger partial charge in [-0.1, -0.05) is 91.8 Å². The fourth-order valence-electron chi connectivity index (χ4n) is 7.16. The minimum atomic E-state index is -2.21. The number of rotatable bonds is 6. The number of aliphatic hydroxyl groups excluding tert-OH is 1. The fourth-order valence-corrected chi connectivity index (χ4v) is 7.16. The highest BCUT2D eigenvalue weighted by molar-refractivity contribution is 6.38. The van der Waals surface area contributed by atoms with Crippen molar-refractivity contribution in [2.75, 3.05) is 9.80 Å². The van der Waals surface area contributed by atoms with Gasteiger partial charge < -0.3 is 5.11 Å². The monoisotopic (exact) mass is 660 g/mol. The Kier molecular flexibility index (Phi) is 8.02. The van der Waals surface area contributed by atoms with Gasteiger partial charge in [0, 0.05) is 16.3 Å². The number of halogens is 4. The van der Waals surface area contributed by atoms with Gasteiger partial charge >= 0.3 is 0 Å². The number of aliphatic hydroxyl groups is 1. The first-order chi connectivity index (χ1) is 22.5. The minimum absolute atomic E-state index is 0.0740. The largest absolute Gasteiger partial charge is 0.369 e. The summed E-state index contributed by atoms with van der Waals surface area (Å²) in [6.45, 7) is 14.5. The summed E-state index contributed by atoms with van der Waals surface area (Å²) in [4.78, 5) is 44.2. The van der Waals surface area contributed by atoms with Crippen LogP contribution in [0.4, 0.5) is 28.9 Å². The number of nitrogens with zero attached hydrogens (tertiary/aromatic N) is 2. The summed E-state index contributed by atoms with van der Waals surface area (Å²) in [7, 11) is 0. The maximum Gasteiger partial charge on any atom is 0.269 e. The number of anilines is 2. The van der Waals surface area contributed by atoms with E-state index in [2.05, 4.69) is 0 Å². The Hall–Kier alpha value is -4.57. The van der Waals surface area contributed by atoms with Crippen LogP contribution in [0.15, 0.2) is 36.4 Å². The van der Waals surface area contributed by atoms with Gasteiger partial charge in [0.2, 0.25) is 0 Å². The molecule has 6 rings (SSSR count). The van der Waals surface area contributed by atoms with Crippen LogP contribution in [0.2, 0.25) is 0 Å². The van der Waals surface area contributed by atoms with E-state index in [0.717, 1.165) is 4.90 Å². The van der Waals surface area contributed by atoms with Crippen molar-refractivity contribution < 1.29 is 37.1 Å². The van der Waals surface area contributed by atoms with Crippen molar-refractivity contribution >= 4 is 39.9 Å². The highest BCUT2D eigenvalue weighted by Crippen LogP contribution is 2.50. The van der Waals surface area contributed by atoms with Crippen LogP contribution in [-0.2, 0) is 0 Å². The van der Waals surface area contributed by atoms with Gasteiger partial charge in [-0.05, 0) is 45.9 Å². The first-order valence-electron chi connectivity index (χ1n) is 16.1. The van der Waals surface area contributed by atoms with E-state index in [1.807, 2.05) is 55.4 Å². The second-order valence-electron chi connectivity index (χ2n) is 13.7. The summed E-state index contributed by atoms with van der Waals surface area (Å²) in [5.41, 5.74) is -1.57. The summed E-state index contributed by atoms with van der Waals surface area (Å²) >= 11 is 0. The maximum absolute atomic E-state index is 16.4. The molecular weight excluding hydrogens is 624 g/mol. The molecule has 0 aliphatic carbocycles. The highest BCUT2D eigenvalue weighted by Gasteiger charge is 2.49. The fraction of sp³-hybridized carbons (Fsp3) is 0.342. The van der Waals surface area contributed by atoms with Gasteiger partial charge in [-0.25, -0.2) is 22.5 Å². The Balaban J connectivity index is 1.71. The second kappa shape index (κ2) is 11.5. The van der Waals surface area contributed by atoms with Gasteiger partial charge in [0.15, 0.2) is 29.5 Å². The molecule has 0 radical (unpaired) electrons. The third-order valence-corrected chi connectivity index (χ3v) is 9.47. The molecule has 0 saturated heterocycles. The van der Waals surface area contributed by atoms with E-state index in [4.69, 9.17) is 0 Å². The van der Waals surface area contributed by atoms with E-state index in [1.165, 1.54) is 0 Å². The van der Waals surface area contributed by atoms with E-state index in [-0.39, 0.29) is 35.0 Å². The Morgan fingerprint density at radius 3 is 1.29 bits per heavy atom. The summed E-state index contributed by atoms with van der Waals surface area (Å²) in [5.74, 6) is -11.8. The normalized spacial score (nSPS) is 16.2. The molecule has 1 N–H and O–H groups in total. The zero-order chi connectivity index (χ0) is 35.3. The molecule has 48 heavy (non-hydrogen) atoms. The summed E-state index contributed by atoms with van der Waals surface area (Å²) < 4.78 is 65.7. The van der Waals surface area contributed by atoms with E-state index >= 15 is 17.6 Å². The molecule has 0 fully saturated rings.